The number of carboxylic acid groups (broad SMARTS) is 2. The number of rotatable bonds is 7. The number of allylic oxidation sites excluding steroid dienone is 4. The second-order valence-corrected chi connectivity index (χ2v) is 7.72. The molecule has 0 aliphatic heterocycles. The predicted molar refractivity (Wildman–Crippen MR) is 104 cm³/mol. The molecule has 0 fully saturated rings. The number of benzene rings is 1. The number of carboxylic acids is 2. The fourth-order valence-corrected chi connectivity index (χ4v) is 3.71. The zero-order valence-corrected chi connectivity index (χ0v) is 23.7. The smallest absolute Gasteiger partial charge is 0.549 e. The zero-order valence-electron chi connectivity index (χ0n) is 16.6. The quantitative estimate of drug-likeness (QED) is 0.260. The van der Waals surface area contributed by atoms with Gasteiger partial charge in [0.05, 0.1) is 32.3 Å². The number of phenolic OH excluding ortho intramolecular Hbond substituents is 1. The van der Waals surface area contributed by atoms with E-state index < -0.39 is 25.0 Å². The molecule has 2 rings (SSSR count). The summed E-state index contributed by atoms with van der Waals surface area (Å²) in [5, 5.41) is 32.0. The van der Waals surface area contributed by atoms with Gasteiger partial charge in [-0.3, -0.25) is 9.69 Å². The minimum Gasteiger partial charge on any atom is -0.549 e. The van der Waals surface area contributed by atoms with Crippen molar-refractivity contribution in [2.24, 2.45) is 4.99 Å². The van der Waals surface area contributed by atoms with Crippen LogP contribution in [0.3, 0.4) is 0 Å². The van der Waals surface area contributed by atoms with Crippen LogP contribution >= 0.6 is 31.9 Å². The van der Waals surface area contributed by atoms with Crippen molar-refractivity contribution in [1.29, 1.82) is 0 Å². The number of hydrogen-bond donors (Lipinski definition) is 1. The van der Waals surface area contributed by atoms with Gasteiger partial charge < -0.3 is 24.9 Å². The van der Waals surface area contributed by atoms with Crippen molar-refractivity contribution >= 4 is 61.0 Å². The maximum Gasteiger partial charge on any atom is 1.00 e. The maximum atomic E-state index is 11.7. The number of carbonyl (C=O) groups is 3. The van der Waals surface area contributed by atoms with Gasteiger partial charge in [-0.25, -0.2) is 4.99 Å². The van der Waals surface area contributed by atoms with E-state index in [1.807, 2.05) is 0 Å². The molecule has 1 aromatic carbocycles. The summed E-state index contributed by atoms with van der Waals surface area (Å²) in [5.41, 5.74) is 1.66. The molecule has 0 bridgehead atoms. The molecule has 0 heterocycles. The summed E-state index contributed by atoms with van der Waals surface area (Å²) < 4.78 is 0.649. The fourth-order valence-electron chi connectivity index (χ4n) is 2.55. The molecular weight excluding hydrogens is 546 g/mol. The van der Waals surface area contributed by atoms with Gasteiger partial charge in [-0.2, -0.15) is 0 Å². The molecule has 30 heavy (non-hydrogen) atoms. The molecule has 0 aromatic heterocycles. The topological polar surface area (TPSA) is 133 Å². The molecule has 148 valence electrons. The Morgan fingerprint density at radius 1 is 1.07 bits per heavy atom. The summed E-state index contributed by atoms with van der Waals surface area (Å²) in [4.78, 5) is 38.9. The molecule has 0 atom stereocenters. The van der Waals surface area contributed by atoms with Crippen LogP contribution in [0.2, 0.25) is 0 Å². The van der Waals surface area contributed by atoms with Crippen molar-refractivity contribution in [3.63, 3.8) is 0 Å². The van der Waals surface area contributed by atoms with Crippen LogP contribution in [-0.4, -0.2) is 46.5 Å². The number of aromatic hydroxyl groups is 1. The number of hydrogen-bond acceptors (Lipinski definition) is 8. The van der Waals surface area contributed by atoms with Crippen LogP contribution in [0.4, 0.5) is 5.69 Å². The Bertz CT molecular complexity index is 907. The van der Waals surface area contributed by atoms with E-state index in [2.05, 4.69) is 36.9 Å². The molecule has 0 spiro atoms. The largest absolute Gasteiger partial charge is 1.00 e. The number of aliphatic imine (C=N–C) groups is 1. The monoisotopic (exact) mass is 558 g/mol. The number of aliphatic carboxylic acids is 2. The van der Waals surface area contributed by atoms with Gasteiger partial charge >= 0.3 is 59.1 Å². The summed E-state index contributed by atoms with van der Waals surface area (Å²) in [7, 11) is 0. The Balaban J connectivity index is 0.00000420. The Labute approximate surface area is 234 Å². The van der Waals surface area contributed by atoms with Crippen LogP contribution in [0.5, 0.6) is 5.75 Å². The number of Topliss-reactive ketones (excluding diaryl/α,β-unsaturated/α-hetero) is 1. The first-order valence-electron chi connectivity index (χ1n) is 7.89. The Morgan fingerprint density at radius 2 is 1.57 bits per heavy atom. The molecule has 1 aliphatic carbocycles. The van der Waals surface area contributed by atoms with Crippen molar-refractivity contribution < 1.29 is 88.8 Å². The summed E-state index contributed by atoms with van der Waals surface area (Å²) in [6.07, 6.45) is 3.07. The minimum absolute atomic E-state index is 0. The van der Waals surface area contributed by atoms with Gasteiger partial charge in [-0.15, -0.1) is 0 Å². The predicted octanol–water partition coefficient (Wildman–Crippen LogP) is -5.78. The molecule has 0 amide bonds. The van der Waals surface area contributed by atoms with E-state index in [-0.39, 0.29) is 77.2 Å². The van der Waals surface area contributed by atoms with Gasteiger partial charge in [0.1, 0.15) is 5.75 Å². The second-order valence-electron chi connectivity index (χ2n) is 6.01. The standard InChI is InChI=1S/C18H16Br2N2O6.2Na/c1-9-2-11(21-12-4-13(19)18(28)14(20)5-12)3-10(17(9)27)6-22(7-15(23)24)8-16(25)26;;/h2-5,27H,6-8H2,1H3,(H,23,24)(H,25,26);;/q;2*+1/p-2. The van der Waals surface area contributed by atoms with Gasteiger partial charge in [-0.05, 0) is 68.6 Å². The third-order valence-electron chi connectivity index (χ3n) is 3.70. The van der Waals surface area contributed by atoms with Gasteiger partial charge in [0.15, 0.2) is 0 Å². The van der Waals surface area contributed by atoms with Gasteiger partial charge in [0, 0.05) is 25.2 Å². The molecule has 0 radical (unpaired) electrons. The Hall–Kier alpha value is -0.300. The van der Waals surface area contributed by atoms with E-state index in [1.54, 1.807) is 13.0 Å². The van der Waals surface area contributed by atoms with E-state index in [4.69, 9.17) is 0 Å². The summed E-state index contributed by atoms with van der Waals surface area (Å²) in [6, 6.07) is 3.11. The number of halogens is 2. The Kier molecular flexibility index (Phi) is 13.2. The molecule has 1 aromatic rings. The first-order valence-corrected chi connectivity index (χ1v) is 9.47. The first-order chi connectivity index (χ1) is 13.1. The third kappa shape index (κ3) is 8.68. The summed E-state index contributed by atoms with van der Waals surface area (Å²) in [6.45, 7) is 0.189. The average Bonchev–Trinajstić information content (AvgIpc) is 2.55. The normalized spacial score (nSPS) is 13.1. The van der Waals surface area contributed by atoms with Crippen molar-refractivity contribution in [3.05, 3.63) is 44.4 Å². The van der Waals surface area contributed by atoms with Crippen molar-refractivity contribution in [2.45, 2.75) is 13.5 Å². The van der Waals surface area contributed by atoms with Crippen LogP contribution in [0.15, 0.2) is 38.2 Å². The number of ketones is 1. The molecular formula is C18H14Br2N2Na2O6. The van der Waals surface area contributed by atoms with Crippen LogP contribution in [-0.2, 0) is 20.9 Å². The van der Waals surface area contributed by atoms with E-state index in [9.17, 15) is 29.7 Å². The molecule has 0 saturated heterocycles. The molecule has 1 aliphatic rings. The van der Waals surface area contributed by atoms with Crippen molar-refractivity contribution in [3.8, 4) is 5.75 Å². The molecule has 0 saturated carbocycles. The summed E-state index contributed by atoms with van der Waals surface area (Å²) in [5.74, 6) is -3.23. The SMILES string of the molecule is Cc1cc(N=C2C=C(Br)C(=O)C(Br)=C2)cc(CN(CC(=O)[O-])CC(=O)[O-])c1O.[Na+].[Na+]. The van der Waals surface area contributed by atoms with Gasteiger partial charge in [-0.1, -0.05) is 0 Å². The molecule has 12 heteroatoms. The average molecular weight is 560 g/mol. The van der Waals surface area contributed by atoms with Crippen molar-refractivity contribution in [1.82, 2.24) is 4.90 Å². The van der Waals surface area contributed by atoms with Gasteiger partial charge in [0.25, 0.3) is 0 Å². The number of aryl methyl sites for hydroxylation is 1. The molecule has 8 nitrogen and oxygen atoms in total. The molecule has 0 unspecified atom stereocenters. The van der Waals surface area contributed by atoms with E-state index in [1.165, 1.54) is 18.2 Å². The zero-order chi connectivity index (χ0) is 21.0. The fraction of sp³-hybridized carbons (Fsp3) is 0.222. The summed E-state index contributed by atoms with van der Waals surface area (Å²) >= 11 is 6.31. The van der Waals surface area contributed by atoms with Crippen LogP contribution in [0, 0.1) is 6.92 Å². The Morgan fingerprint density at radius 3 is 2.03 bits per heavy atom. The molecule has 1 N–H and O–H groups in total. The van der Waals surface area contributed by atoms with Crippen LogP contribution in [0.25, 0.3) is 0 Å². The minimum atomic E-state index is -1.45. The number of carbonyl (C=O) groups excluding carboxylic acids is 3. The van der Waals surface area contributed by atoms with E-state index in [0.29, 0.717) is 31.5 Å². The second kappa shape index (κ2) is 13.3. The third-order valence-corrected chi connectivity index (χ3v) is 4.88. The van der Waals surface area contributed by atoms with Crippen LogP contribution < -0.4 is 69.3 Å². The van der Waals surface area contributed by atoms with Gasteiger partial charge in [0.2, 0.25) is 5.78 Å². The van der Waals surface area contributed by atoms with Crippen LogP contribution in [0.1, 0.15) is 11.1 Å². The maximum absolute atomic E-state index is 11.7. The van der Waals surface area contributed by atoms with E-state index >= 15 is 0 Å². The van der Waals surface area contributed by atoms with Crippen molar-refractivity contribution in [2.75, 3.05) is 13.1 Å². The number of nitrogens with zero attached hydrogens (tertiary/aromatic N) is 2. The first kappa shape index (κ1) is 29.7. The van der Waals surface area contributed by atoms with E-state index in [0.717, 1.165) is 4.90 Å². The number of phenols is 1.